The zero-order chi connectivity index (χ0) is 29.5. The van der Waals surface area contributed by atoms with E-state index in [0.717, 1.165) is 22.2 Å². The quantitative estimate of drug-likeness (QED) is 0.103. The van der Waals surface area contributed by atoms with Crippen LogP contribution < -0.4 is 15.4 Å². The molecule has 0 saturated heterocycles. The average Bonchev–Trinajstić information content (AvgIpc) is 3.48. The van der Waals surface area contributed by atoms with Crippen molar-refractivity contribution >= 4 is 41.6 Å². The second kappa shape index (κ2) is 13.5. The van der Waals surface area contributed by atoms with Crippen LogP contribution in [0.4, 0.5) is 15.9 Å². The maximum Gasteiger partial charge on any atom is 0.331 e. The number of halogens is 2. The number of anilines is 2. The summed E-state index contributed by atoms with van der Waals surface area (Å²) in [6.45, 7) is 1.10. The number of hydrogen-bond acceptors (Lipinski definition) is 9. The molecule has 0 unspecified atom stereocenters. The van der Waals surface area contributed by atoms with Crippen molar-refractivity contribution in [2.75, 3.05) is 32.2 Å². The van der Waals surface area contributed by atoms with Crippen molar-refractivity contribution < 1.29 is 27.2 Å². The topological polar surface area (TPSA) is 108 Å². The Hall–Kier alpha value is -3.79. The van der Waals surface area contributed by atoms with E-state index in [1.807, 2.05) is 36.4 Å². The fraction of sp³-hybridized carbons (Fsp3) is 0.200. The van der Waals surface area contributed by atoms with Crippen molar-refractivity contribution in [3.05, 3.63) is 101 Å². The Morgan fingerprint density at radius 1 is 1.00 bits per heavy atom. The molecule has 0 saturated carbocycles. The number of ether oxygens (including phenoxy) is 1. The molecular weight excluding hydrogens is 582 g/mol. The van der Waals surface area contributed by atoms with Crippen molar-refractivity contribution in [1.29, 1.82) is 0 Å². The van der Waals surface area contributed by atoms with Gasteiger partial charge in [0.2, 0.25) is 0 Å². The highest BCUT2D eigenvalue weighted by Crippen LogP contribution is 2.45. The number of fused-ring (bicyclic) bond motifs is 1. The van der Waals surface area contributed by atoms with Gasteiger partial charge in [0.15, 0.2) is 0 Å². The maximum absolute atomic E-state index is 13.5. The van der Waals surface area contributed by atoms with Crippen LogP contribution in [0.2, 0.25) is 5.02 Å². The molecule has 0 aliphatic carbocycles. The summed E-state index contributed by atoms with van der Waals surface area (Å²) in [5, 5.41) is 7.70. The molecule has 0 bridgehead atoms. The molecule has 5 aromatic rings. The monoisotopic (exact) mass is 610 g/mol. The summed E-state index contributed by atoms with van der Waals surface area (Å²) < 4.78 is 47.4. The summed E-state index contributed by atoms with van der Waals surface area (Å²) in [5.74, 6) is 2.18. The fourth-order valence-corrected chi connectivity index (χ4v) is 5.42. The van der Waals surface area contributed by atoms with Gasteiger partial charge in [0.1, 0.15) is 41.8 Å². The molecule has 9 nitrogen and oxygen atoms in total. The third-order valence-electron chi connectivity index (χ3n) is 6.48. The van der Waals surface area contributed by atoms with Crippen LogP contribution in [0.1, 0.15) is 11.3 Å². The molecule has 218 valence electrons. The number of rotatable bonds is 13. The van der Waals surface area contributed by atoms with Gasteiger partial charge in [-0.05, 0) is 66.2 Å². The molecule has 0 aliphatic rings. The first-order valence-corrected chi connectivity index (χ1v) is 15.2. The Labute approximate surface area is 247 Å². The van der Waals surface area contributed by atoms with Crippen LogP contribution in [-0.2, 0) is 26.8 Å². The molecule has 3 aromatic carbocycles. The summed E-state index contributed by atoms with van der Waals surface area (Å²) in [5.41, 5.74) is 3.03. The first-order valence-electron chi connectivity index (χ1n) is 13.0. The lowest BCUT2D eigenvalue weighted by molar-refractivity contribution is 0.275. The van der Waals surface area contributed by atoms with Crippen molar-refractivity contribution in [3.63, 3.8) is 0 Å². The number of aromatic nitrogens is 2. The van der Waals surface area contributed by atoms with E-state index in [0.29, 0.717) is 46.7 Å². The molecule has 0 fully saturated rings. The molecule has 0 amide bonds. The van der Waals surface area contributed by atoms with Gasteiger partial charge in [-0.3, -0.25) is 4.57 Å². The Balaban J connectivity index is 1.26. The van der Waals surface area contributed by atoms with E-state index >= 15 is 0 Å². The van der Waals surface area contributed by atoms with Crippen molar-refractivity contribution in [2.24, 2.45) is 0 Å². The largest absolute Gasteiger partial charge is 0.487 e. The second-order valence-electron chi connectivity index (χ2n) is 9.29. The molecule has 0 spiro atoms. The number of nitrogens with zero attached hydrogens (tertiary/aromatic N) is 2. The van der Waals surface area contributed by atoms with Gasteiger partial charge in [0.05, 0.1) is 23.2 Å². The number of hydrogen-bond donors (Lipinski definition) is 2. The summed E-state index contributed by atoms with van der Waals surface area (Å²) >= 11 is 6.49. The zero-order valence-corrected chi connectivity index (χ0v) is 24.6. The molecule has 42 heavy (non-hydrogen) atoms. The summed E-state index contributed by atoms with van der Waals surface area (Å²) in [7, 11) is -0.311. The molecule has 2 heterocycles. The molecule has 12 heteroatoms. The molecule has 0 aliphatic heterocycles. The molecule has 2 N–H and O–H groups in total. The molecule has 0 atom stereocenters. The van der Waals surface area contributed by atoms with Crippen molar-refractivity contribution in [3.8, 4) is 17.1 Å². The van der Waals surface area contributed by atoms with E-state index in [9.17, 15) is 8.96 Å². The lowest BCUT2D eigenvalue weighted by atomic mass is 10.1. The second-order valence-corrected chi connectivity index (χ2v) is 12.1. The van der Waals surface area contributed by atoms with Gasteiger partial charge < -0.3 is 28.8 Å². The van der Waals surface area contributed by atoms with Crippen LogP contribution in [-0.4, -0.2) is 36.9 Å². The zero-order valence-electron chi connectivity index (χ0n) is 23.0. The van der Waals surface area contributed by atoms with Crippen LogP contribution in [0.3, 0.4) is 0 Å². The number of nitrogens with one attached hydrogen (secondary N) is 2. The Morgan fingerprint density at radius 2 is 1.86 bits per heavy atom. The summed E-state index contributed by atoms with van der Waals surface area (Å²) in [6, 6.07) is 21.1. The first kappa shape index (κ1) is 29.7. The number of furan rings is 1. The highest BCUT2D eigenvalue weighted by atomic mass is 35.5. The van der Waals surface area contributed by atoms with E-state index in [1.54, 1.807) is 24.3 Å². The van der Waals surface area contributed by atoms with Crippen LogP contribution in [0, 0.1) is 5.82 Å². The Kier molecular flexibility index (Phi) is 9.51. The number of benzene rings is 3. The third-order valence-corrected chi connectivity index (χ3v) is 8.66. The molecule has 5 rings (SSSR count). The molecule has 2 aromatic heterocycles. The van der Waals surface area contributed by atoms with E-state index in [1.165, 1.54) is 32.7 Å². The minimum atomic E-state index is -3.06. The van der Waals surface area contributed by atoms with Crippen molar-refractivity contribution in [1.82, 2.24) is 15.3 Å². The predicted octanol–water partition coefficient (Wildman–Crippen LogP) is 7.58. The summed E-state index contributed by atoms with van der Waals surface area (Å²) in [4.78, 5) is 8.84. The Bertz CT molecular complexity index is 1730. The predicted molar refractivity (Wildman–Crippen MR) is 161 cm³/mol. The maximum atomic E-state index is 13.5. The lowest BCUT2D eigenvalue weighted by Crippen LogP contribution is -2.18. The van der Waals surface area contributed by atoms with Crippen molar-refractivity contribution in [2.45, 2.75) is 13.2 Å². The fourth-order valence-electron chi connectivity index (χ4n) is 4.24. The highest BCUT2D eigenvalue weighted by molar-refractivity contribution is 7.53. The van der Waals surface area contributed by atoms with Gasteiger partial charge in [-0.2, -0.15) is 0 Å². The van der Waals surface area contributed by atoms with Crippen LogP contribution in [0.15, 0.2) is 83.5 Å². The van der Waals surface area contributed by atoms with Gasteiger partial charge in [0, 0.05) is 37.4 Å². The third kappa shape index (κ3) is 7.34. The summed E-state index contributed by atoms with van der Waals surface area (Å²) in [6.07, 6.45) is 1.75. The SMILES string of the molecule is COP(=O)(CCNCc1ccc(-c2ccc3ncnc(Nc4ccc(OCc5cccc(F)c5)c(Cl)c4)c3c2)o1)OC. The van der Waals surface area contributed by atoms with Gasteiger partial charge >= 0.3 is 7.60 Å². The molecular formula is C30H29ClFN4O5P. The minimum absolute atomic E-state index is 0.192. The normalized spacial score (nSPS) is 11.6. The van der Waals surface area contributed by atoms with Gasteiger partial charge in [-0.15, -0.1) is 0 Å². The molecule has 0 radical (unpaired) electrons. The van der Waals surface area contributed by atoms with E-state index in [-0.39, 0.29) is 18.6 Å². The van der Waals surface area contributed by atoms with E-state index < -0.39 is 7.60 Å². The van der Waals surface area contributed by atoms with Gasteiger partial charge in [0.25, 0.3) is 0 Å². The van der Waals surface area contributed by atoms with Gasteiger partial charge in [-0.1, -0.05) is 23.7 Å². The standard InChI is InChI=1S/C30H29ClFN4O5P/c1-38-42(37,39-2)13-12-33-17-24-8-11-28(41-24)21-6-9-27-25(15-21)30(35-19-34-27)36-23-7-10-29(26(31)16-23)40-18-20-4-3-5-22(32)14-20/h3-11,14-16,19,33H,12-13,17-18H2,1-2H3,(H,34,35,36). The lowest BCUT2D eigenvalue weighted by Gasteiger charge is -2.13. The van der Waals surface area contributed by atoms with Gasteiger partial charge in [-0.25, -0.2) is 14.4 Å². The first-order chi connectivity index (χ1) is 20.4. The average molecular weight is 611 g/mol. The van der Waals surface area contributed by atoms with E-state index in [2.05, 4.69) is 20.6 Å². The van der Waals surface area contributed by atoms with Crippen LogP contribution in [0.25, 0.3) is 22.2 Å². The minimum Gasteiger partial charge on any atom is -0.487 e. The smallest absolute Gasteiger partial charge is 0.331 e. The van der Waals surface area contributed by atoms with Crippen LogP contribution >= 0.6 is 19.2 Å². The van der Waals surface area contributed by atoms with E-state index in [4.69, 9.17) is 29.8 Å². The highest BCUT2D eigenvalue weighted by Gasteiger charge is 2.20. The van der Waals surface area contributed by atoms with Crippen LogP contribution in [0.5, 0.6) is 5.75 Å². The Morgan fingerprint density at radius 3 is 2.64 bits per heavy atom.